The van der Waals surface area contributed by atoms with Crippen LogP contribution in [0.25, 0.3) is 0 Å². The lowest BCUT2D eigenvalue weighted by Gasteiger charge is -2.08. The first-order chi connectivity index (χ1) is 6.99. The second kappa shape index (κ2) is 3.45. The van der Waals surface area contributed by atoms with E-state index in [2.05, 4.69) is 24.1 Å². The van der Waals surface area contributed by atoms with E-state index < -0.39 is 0 Å². The van der Waals surface area contributed by atoms with Gasteiger partial charge >= 0.3 is 0 Å². The van der Waals surface area contributed by atoms with Gasteiger partial charge in [0.05, 0.1) is 5.69 Å². The standard InChI is InChI=1S/C11H15N3S/c1-11(2)6-8(11)14-9-5-3-4-7(13-9)10(12)15/h3-5,8H,6H2,1-2H3,(H2,12,15)(H,13,14). The molecule has 1 aliphatic rings. The third kappa shape index (κ3) is 2.26. The van der Waals surface area contributed by atoms with E-state index in [0.29, 0.717) is 22.1 Å². The van der Waals surface area contributed by atoms with Gasteiger partial charge in [0.25, 0.3) is 0 Å². The Morgan fingerprint density at radius 2 is 2.27 bits per heavy atom. The van der Waals surface area contributed by atoms with Crippen molar-refractivity contribution in [3.8, 4) is 0 Å². The minimum atomic E-state index is 0.341. The van der Waals surface area contributed by atoms with Crippen LogP contribution in [0.2, 0.25) is 0 Å². The minimum Gasteiger partial charge on any atom is -0.388 e. The molecule has 4 heteroatoms. The Morgan fingerprint density at radius 3 is 2.80 bits per heavy atom. The molecule has 1 heterocycles. The van der Waals surface area contributed by atoms with Crippen molar-refractivity contribution in [2.75, 3.05) is 5.32 Å². The van der Waals surface area contributed by atoms with E-state index in [-0.39, 0.29) is 0 Å². The predicted molar refractivity (Wildman–Crippen MR) is 65.9 cm³/mol. The van der Waals surface area contributed by atoms with E-state index in [1.54, 1.807) is 0 Å². The summed E-state index contributed by atoms with van der Waals surface area (Å²) < 4.78 is 0. The maximum atomic E-state index is 5.52. The molecule has 1 unspecified atom stereocenters. The average molecular weight is 221 g/mol. The van der Waals surface area contributed by atoms with Crippen LogP contribution in [0.5, 0.6) is 0 Å². The Hall–Kier alpha value is -1.16. The third-order valence-electron chi connectivity index (χ3n) is 2.84. The molecule has 0 aromatic carbocycles. The fraction of sp³-hybridized carbons (Fsp3) is 0.455. The van der Waals surface area contributed by atoms with Crippen molar-refractivity contribution in [2.45, 2.75) is 26.3 Å². The Bertz CT molecular complexity index is 401. The van der Waals surface area contributed by atoms with Gasteiger partial charge in [0, 0.05) is 6.04 Å². The zero-order chi connectivity index (χ0) is 11.1. The number of anilines is 1. The fourth-order valence-corrected chi connectivity index (χ4v) is 1.66. The summed E-state index contributed by atoms with van der Waals surface area (Å²) in [7, 11) is 0. The molecule has 3 N–H and O–H groups in total. The highest BCUT2D eigenvalue weighted by molar-refractivity contribution is 7.80. The van der Waals surface area contributed by atoms with E-state index in [1.807, 2.05) is 18.2 Å². The van der Waals surface area contributed by atoms with Gasteiger partial charge in [-0.2, -0.15) is 0 Å². The van der Waals surface area contributed by atoms with E-state index in [1.165, 1.54) is 6.42 Å². The molecule has 1 aromatic rings. The quantitative estimate of drug-likeness (QED) is 0.766. The zero-order valence-electron chi connectivity index (χ0n) is 8.95. The first kappa shape index (κ1) is 10.4. The molecular weight excluding hydrogens is 206 g/mol. The normalized spacial score (nSPS) is 22.1. The summed E-state index contributed by atoms with van der Waals surface area (Å²) in [6, 6.07) is 6.20. The topological polar surface area (TPSA) is 50.9 Å². The van der Waals surface area contributed by atoms with Crippen LogP contribution in [0.1, 0.15) is 26.0 Å². The number of pyridine rings is 1. The van der Waals surface area contributed by atoms with Crippen LogP contribution in [-0.4, -0.2) is 16.0 Å². The SMILES string of the molecule is CC1(C)CC1Nc1cccc(C(N)=S)n1. The van der Waals surface area contributed by atoms with Crippen molar-refractivity contribution in [1.29, 1.82) is 0 Å². The Labute approximate surface area is 95.1 Å². The van der Waals surface area contributed by atoms with Crippen LogP contribution in [0.3, 0.4) is 0 Å². The maximum Gasteiger partial charge on any atom is 0.126 e. The Balaban J connectivity index is 2.09. The fourth-order valence-electron chi connectivity index (χ4n) is 1.54. The monoisotopic (exact) mass is 221 g/mol. The van der Waals surface area contributed by atoms with Gasteiger partial charge in [0.1, 0.15) is 10.8 Å². The number of rotatable bonds is 3. The molecule has 0 spiro atoms. The molecule has 1 fully saturated rings. The summed E-state index contributed by atoms with van der Waals surface area (Å²) in [5, 5.41) is 3.38. The van der Waals surface area contributed by atoms with Gasteiger partial charge in [-0.05, 0) is 24.0 Å². The average Bonchev–Trinajstić information content (AvgIpc) is 2.74. The van der Waals surface area contributed by atoms with Crippen molar-refractivity contribution in [2.24, 2.45) is 11.1 Å². The molecule has 1 atom stereocenters. The van der Waals surface area contributed by atoms with E-state index in [9.17, 15) is 0 Å². The number of hydrogen-bond donors (Lipinski definition) is 2. The number of aromatic nitrogens is 1. The van der Waals surface area contributed by atoms with Crippen molar-refractivity contribution in [1.82, 2.24) is 4.98 Å². The van der Waals surface area contributed by atoms with Gasteiger partial charge in [0.15, 0.2) is 0 Å². The maximum absolute atomic E-state index is 5.52. The molecule has 80 valence electrons. The molecule has 0 amide bonds. The summed E-state index contributed by atoms with van der Waals surface area (Å²) >= 11 is 4.88. The van der Waals surface area contributed by atoms with Gasteiger partial charge < -0.3 is 11.1 Å². The van der Waals surface area contributed by atoms with Crippen molar-refractivity contribution < 1.29 is 0 Å². The van der Waals surface area contributed by atoms with Crippen molar-refractivity contribution >= 4 is 23.0 Å². The molecule has 1 aromatic heterocycles. The second-order valence-electron chi connectivity index (χ2n) is 4.66. The predicted octanol–water partition coefficient (Wildman–Crippen LogP) is 1.93. The molecule has 0 saturated heterocycles. The number of thiocarbonyl (C=S) groups is 1. The molecule has 15 heavy (non-hydrogen) atoms. The third-order valence-corrected chi connectivity index (χ3v) is 3.05. The largest absolute Gasteiger partial charge is 0.388 e. The highest BCUT2D eigenvalue weighted by atomic mass is 32.1. The summed E-state index contributed by atoms with van der Waals surface area (Å²) in [4.78, 5) is 4.68. The molecule has 0 aliphatic heterocycles. The van der Waals surface area contributed by atoms with Crippen LogP contribution in [0, 0.1) is 5.41 Å². The Morgan fingerprint density at radius 1 is 1.60 bits per heavy atom. The molecule has 0 bridgehead atoms. The Kier molecular flexibility index (Phi) is 2.38. The molecule has 3 nitrogen and oxygen atoms in total. The number of nitrogens with two attached hydrogens (primary N) is 1. The summed E-state index contributed by atoms with van der Waals surface area (Å²) in [6.07, 6.45) is 1.19. The van der Waals surface area contributed by atoms with Gasteiger partial charge in [-0.25, -0.2) is 4.98 Å². The molecule has 2 rings (SSSR count). The van der Waals surface area contributed by atoms with Gasteiger partial charge in [-0.3, -0.25) is 0 Å². The first-order valence-corrected chi connectivity index (χ1v) is 5.43. The van der Waals surface area contributed by atoms with Crippen LogP contribution in [0.15, 0.2) is 18.2 Å². The van der Waals surface area contributed by atoms with E-state index in [4.69, 9.17) is 18.0 Å². The lowest BCUT2D eigenvalue weighted by atomic mass is 10.2. The van der Waals surface area contributed by atoms with E-state index >= 15 is 0 Å². The van der Waals surface area contributed by atoms with E-state index in [0.717, 1.165) is 5.82 Å². The van der Waals surface area contributed by atoms with Gasteiger partial charge in [-0.1, -0.05) is 32.1 Å². The molecular formula is C11H15N3S. The zero-order valence-corrected chi connectivity index (χ0v) is 9.77. The lowest BCUT2D eigenvalue weighted by molar-refractivity contribution is 0.630. The number of hydrogen-bond acceptors (Lipinski definition) is 3. The smallest absolute Gasteiger partial charge is 0.126 e. The highest BCUT2D eigenvalue weighted by Gasteiger charge is 2.45. The van der Waals surface area contributed by atoms with Crippen LogP contribution in [0.4, 0.5) is 5.82 Å². The molecule has 1 saturated carbocycles. The van der Waals surface area contributed by atoms with Crippen LogP contribution in [-0.2, 0) is 0 Å². The molecule has 0 radical (unpaired) electrons. The molecule has 1 aliphatic carbocycles. The van der Waals surface area contributed by atoms with Crippen LogP contribution < -0.4 is 11.1 Å². The van der Waals surface area contributed by atoms with Crippen molar-refractivity contribution in [3.63, 3.8) is 0 Å². The minimum absolute atomic E-state index is 0.341. The lowest BCUT2D eigenvalue weighted by Crippen LogP contribution is -2.14. The first-order valence-electron chi connectivity index (χ1n) is 5.02. The summed E-state index contributed by atoms with van der Waals surface area (Å²) in [5.74, 6) is 0.857. The second-order valence-corrected chi connectivity index (χ2v) is 5.10. The van der Waals surface area contributed by atoms with Gasteiger partial charge in [0.2, 0.25) is 0 Å². The van der Waals surface area contributed by atoms with Crippen LogP contribution >= 0.6 is 12.2 Å². The summed E-state index contributed by atoms with van der Waals surface area (Å²) in [5.41, 5.74) is 6.59. The number of nitrogens with one attached hydrogen (secondary N) is 1. The van der Waals surface area contributed by atoms with Gasteiger partial charge in [-0.15, -0.1) is 0 Å². The number of nitrogens with zero attached hydrogens (tertiary/aromatic N) is 1. The van der Waals surface area contributed by atoms with Crippen molar-refractivity contribution in [3.05, 3.63) is 23.9 Å². The highest BCUT2D eigenvalue weighted by Crippen LogP contribution is 2.46. The summed E-state index contributed by atoms with van der Waals surface area (Å²) in [6.45, 7) is 4.48.